The molecule has 6 nitrogen and oxygen atoms in total. The minimum absolute atomic E-state index is 0.260. The van der Waals surface area contributed by atoms with Crippen molar-refractivity contribution >= 4 is 17.5 Å². The monoisotopic (exact) mass is 384 g/mol. The van der Waals surface area contributed by atoms with Gasteiger partial charge in [0, 0.05) is 17.1 Å². The molecular formula is C20H21ClN4O2. The first-order valence-corrected chi connectivity index (χ1v) is 9.12. The maximum absolute atomic E-state index is 12.7. The van der Waals surface area contributed by atoms with Crippen LogP contribution in [0.15, 0.2) is 48.5 Å². The number of carbonyl (C=O) groups is 1. The zero-order chi connectivity index (χ0) is 19.2. The molecule has 0 saturated carbocycles. The first-order chi connectivity index (χ1) is 13.1. The fourth-order valence-corrected chi connectivity index (χ4v) is 2.96. The van der Waals surface area contributed by atoms with E-state index in [4.69, 9.17) is 16.3 Å². The van der Waals surface area contributed by atoms with Gasteiger partial charge in [0.05, 0.1) is 18.5 Å². The van der Waals surface area contributed by atoms with Crippen LogP contribution in [0.2, 0.25) is 5.02 Å². The van der Waals surface area contributed by atoms with Gasteiger partial charge in [-0.05, 0) is 36.8 Å². The van der Waals surface area contributed by atoms with Crippen molar-refractivity contribution < 1.29 is 9.53 Å². The number of hydrogen-bond acceptors (Lipinski definition) is 4. The van der Waals surface area contributed by atoms with Gasteiger partial charge in [-0.15, -0.1) is 5.10 Å². The summed E-state index contributed by atoms with van der Waals surface area (Å²) in [6.07, 6.45) is 1.56. The van der Waals surface area contributed by atoms with E-state index in [-0.39, 0.29) is 5.91 Å². The molecule has 0 aliphatic rings. The van der Waals surface area contributed by atoms with Gasteiger partial charge < -0.3 is 10.1 Å². The van der Waals surface area contributed by atoms with E-state index in [1.54, 1.807) is 23.9 Å². The third-order valence-corrected chi connectivity index (χ3v) is 4.42. The van der Waals surface area contributed by atoms with Gasteiger partial charge in [0.25, 0.3) is 5.91 Å². The van der Waals surface area contributed by atoms with Crippen LogP contribution in [-0.2, 0) is 13.0 Å². The highest BCUT2D eigenvalue weighted by atomic mass is 35.5. The molecule has 1 heterocycles. The molecule has 1 aromatic heterocycles. The molecule has 0 fully saturated rings. The Bertz CT molecular complexity index is 922. The number of amides is 1. The fraction of sp³-hybridized carbons (Fsp3) is 0.250. The Kier molecular flexibility index (Phi) is 6.08. The van der Waals surface area contributed by atoms with E-state index in [0.29, 0.717) is 23.7 Å². The molecule has 27 heavy (non-hydrogen) atoms. The van der Waals surface area contributed by atoms with Crippen LogP contribution in [0.3, 0.4) is 0 Å². The van der Waals surface area contributed by atoms with Crippen molar-refractivity contribution in [3.8, 4) is 11.4 Å². The summed E-state index contributed by atoms with van der Waals surface area (Å²) in [5, 5.41) is 11.9. The molecule has 0 atom stereocenters. The maximum atomic E-state index is 12.7. The number of para-hydroxylation sites is 1. The highest BCUT2D eigenvalue weighted by Gasteiger charge is 2.20. The summed E-state index contributed by atoms with van der Waals surface area (Å²) in [6.45, 7) is 2.40. The molecule has 1 N–H and O–H groups in total. The zero-order valence-electron chi connectivity index (χ0n) is 15.3. The van der Waals surface area contributed by atoms with Gasteiger partial charge in [-0.2, -0.15) is 0 Å². The van der Waals surface area contributed by atoms with Gasteiger partial charge in [0.2, 0.25) is 0 Å². The second-order valence-corrected chi connectivity index (χ2v) is 6.45. The summed E-state index contributed by atoms with van der Waals surface area (Å²) in [6, 6.07) is 14.9. The summed E-state index contributed by atoms with van der Waals surface area (Å²) in [4.78, 5) is 12.7. The zero-order valence-corrected chi connectivity index (χ0v) is 16.0. The fourth-order valence-electron chi connectivity index (χ4n) is 2.84. The maximum Gasteiger partial charge on any atom is 0.274 e. The number of halogens is 1. The van der Waals surface area contributed by atoms with Gasteiger partial charge in [0.15, 0.2) is 5.69 Å². The third kappa shape index (κ3) is 4.28. The lowest BCUT2D eigenvalue weighted by Gasteiger charge is -2.10. The second kappa shape index (κ2) is 8.68. The van der Waals surface area contributed by atoms with E-state index < -0.39 is 0 Å². The molecule has 2 aromatic carbocycles. The number of carbonyl (C=O) groups excluding carboxylic acids is 1. The predicted octanol–water partition coefficient (Wildman–Crippen LogP) is 3.81. The van der Waals surface area contributed by atoms with Crippen LogP contribution in [0.4, 0.5) is 0 Å². The first-order valence-electron chi connectivity index (χ1n) is 8.74. The molecule has 7 heteroatoms. The van der Waals surface area contributed by atoms with E-state index in [1.165, 1.54) is 0 Å². The van der Waals surface area contributed by atoms with E-state index in [9.17, 15) is 4.79 Å². The molecule has 0 radical (unpaired) electrons. The van der Waals surface area contributed by atoms with Crippen molar-refractivity contribution in [2.24, 2.45) is 0 Å². The Balaban J connectivity index is 1.83. The Morgan fingerprint density at radius 3 is 2.63 bits per heavy atom. The average Bonchev–Trinajstić information content (AvgIpc) is 3.11. The van der Waals surface area contributed by atoms with Crippen molar-refractivity contribution in [1.82, 2.24) is 20.3 Å². The van der Waals surface area contributed by atoms with Crippen LogP contribution in [-0.4, -0.2) is 28.0 Å². The van der Waals surface area contributed by atoms with E-state index in [1.807, 2.05) is 36.4 Å². The van der Waals surface area contributed by atoms with E-state index in [0.717, 1.165) is 29.1 Å². The molecule has 0 bridgehead atoms. The Morgan fingerprint density at radius 2 is 1.93 bits per heavy atom. The Morgan fingerprint density at radius 1 is 1.19 bits per heavy atom. The van der Waals surface area contributed by atoms with Crippen LogP contribution in [0.25, 0.3) is 5.69 Å². The van der Waals surface area contributed by atoms with Gasteiger partial charge in [-0.1, -0.05) is 48.4 Å². The van der Waals surface area contributed by atoms with Gasteiger partial charge in [0.1, 0.15) is 5.75 Å². The van der Waals surface area contributed by atoms with E-state index >= 15 is 0 Å². The van der Waals surface area contributed by atoms with Crippen molar-refractivity contribution in [2.45, 2.75) is 26.3 Å². The first kappa shape index (κ1) is 18.9. The highest BCUT2D eigenvalue weighted by molar-refractivity contribution is 6.30. The molecule has 3 aromatic rings. The number of ether oxygens (including phenoxy) is 1. The molecule has 0 unspecified atom stereocenters. The molecule has 140 valence electrons. The Labute approximate surface area is 163 Å². The third-order valence-electron chi connectivity index (χ3n) is 4.17. The summed E-state index contributed by atoms with van der Waals surface area (Å²) in [5.74, 6) is 0.473. The summed E-state index contributed by atoms with van der Waals surface area (Å²) in [7, 11) is 1.61. The van der Waals surface area contributed by atoms with Gasteiger partial charge in [-0.3, -0.25) is 4.79 Å². The minimum Gasteiger partial charge on any atom is -0.496 e. The number of nitrogens with one attached hydrogen (secondary N) is 1. The summed E-state index contributed by atoms with van der Waals surface area (Å²) >= 11 is 5.96. The van der Waals surface area contributed by atoms with Crippen LogP contribution in [0, 0.1) is 0 Å². The number of methoxy groups -OCH3 is 1. The van der Waals surface area contributed by atoms with Gasteiger partial charge >= 0.3 is 0 Å². The molecular weight excluding hydrogens is 364 g/mol. The lowest BCUT2D eigenvalue weighted by molar-refractivity contribution is 0.0944. The number of hydrogen-bond donors (Lipinski definition) is 1. The predicted molar refractivity (Wildman–Crippen MR) is 105 cm³/mol. The molecule has 0 aliphatic heterocycles. The number of nitrogens with zero attached hydrogens (tertiary/aromatic N) is 3. The molecule has 1 amide bonds. The largest absolute Gasteiger partial charge is 0.496 e. The lowest BCUT2D eigenvalue weighted by atomic mass is 10.1. The summed E-state index contributed by atoms with van der Waals surface area (Å²) < 4.78 is 7.02. The van der Waals surface area contributed by atoms with Gasteiger partial charge in [-0.25, -0.2) is 4.68 Å². The molecule has 0 aliphatic carbocycles. The number of rotatable bonds is 7. The van der Waals surface area contributed by atoms with Crippen molar-refractivity contribution in [1.29, 1.82) is 0 Å². The summed E-state index contributed by atoms with van der Waals surface area (Å²) in [5.41, 5.74) is 2.83. The topological polar surface area (TPSA) is 69.0 Å². The van der Waals surface area contributed by atoms with Crippen LogP contribution in [0.5, 0.6) is 5.75 Å². The number of benzene rings is 2. The molecule has 3 rings (SSSR count). The van der Waals surface area contributed by atoms with Crippen LogP contribution in [0.1, 0.15) is 35.1 Å². The van der Waals surface area contributed by atoms with Crippen LogP contribution < -0.4 is 10.1 Å². The SMILES string of the molecule is CCCc1c(C(=O)NCc2ccccc2OC)nnn1-c1ccc(Cl)cc1. The molecule has 0 spiro atoms. The van der Waals surface area contributed by atoms with Crippen molar-refractivity contribution in [3.05, 3.63) is 70.5 Å². The highest BCUT2D eigenvalue weighted by Crippen LogP contribution is 2.19. The smallest absolute Gasteiger partial charge is 0.274 e. The van der Waals surface area contributed by atoms with Crippen molar-refractivity contribution in [2.75, 3.05) is 7.11 Å². The quantitative estimate of drug-likeness (QED) is 0.672. The minimum atomic E-state index is -0.260. The normalized spacial score (nSPS) is 10.6. The van der Waals surface area contributed by atoms with Crippen molar-refractivity contribution in [3.63, 3.8) is 0 Å². The lowest BCUT2D eigenvalue weighted by Crippen LogP contribution is -2.25. The number of aromatic nitrogens is 3. The average molecular weight is 385 g/mol. The second-order valence-electron chi connectivity index (χ2n) is 6.02. The van der Waals surface area contributed by atoms with Crippen LogP contribution >= 0.6 is 11.6 Å². The standard InChI is InChI=1S/C20H21ClN4O2/c1-3-6-17-19(23-24-25(17)16-11-9-15(21)10-12-16)20(26)22-13-14-7-4-5-8-18(14)27-2/h4-5,7-12H,3,6,13H2,1-2H3,(H,22,26). The Hall–Kier alpha value is -2.86. The van der Waals surface area contributed by atoms with E-state index in [2.05, 4.69) is 22.6 Å². The molecule has 0 saturated heterocycles.